The van der Waals surface area contributed by atoms with Gasteiger partial charge in [-0.1, -0.05) is 11.6 Å². The Morgan fingerprint density at radius 2 is 2.21 bits per heavy atom. The second-order valence-corrected chi connectivity index (χ2v) is 4.79. The monoisotopic (exact) mass is 303 g/mol. The molecule has 0 amide bonds. The molecule has 0 radical (unpaired) electrons. The van der Waals surface area contributed by atoms with Crippen molar-refractivity contribution in [3.05, 3.63) is 23.1 Å². The molecule has 7 heteroatoms. The van der Waals surface area contributed by atoms with Crippen molar-refractivity contribution < 1.29 is 9.47 Å². The first-order valence-corrected chi connectivity index (χ1v) is 6.69. The number of methoxy groups -OCH3 is 2. The van der Waals surface area contributed by atoms with Gasteiger partial charge >= 0.3 is 0 Å². The molecule has 5 nitrogen and oxygen atoms in total. The standard InChI is InChI=1S/C12H15Cl2N3O2/c1-18-7-9(19-2)6-17-11(4-13)16-10-3-8(14)5-15-12(10)17/h3,5,9H,4,6-7H2,1-2H3. The molecule has 0 aliphatic carbocycles. The normalized spacial score (nSPS) is 13.1. The van der Waals surface area contributed by atoms with Crippen molar-refractivity contribution in [2.75, 3.05) is 20.8 Å². The zero-order chi connectivity index (χ0) is 13.8. The van der Waals surface area contributed by atoms with Gasteiger partial charge in [-0.3, -0.25) is 0 Å². The minimum Gasteiger partial charge on any atom is -0.382 e. The molecule has 1 unspecified atom stereocenters. The van der Waals surface area contributed by atoms with Crippen molar-refractivity contribution in [3.63, 3.8) is 0 Å². The van der Waals surface area contributed by atoms with Gasteiger partial charge in [-0.05, 0) is 6.07 Å². The van der Waals surface area contributed by atoms with Crippen LogP contribution in [0.15, 0.2) is 12.3 Å². The third kappa shape index (κ3) is 3.17. The van der Waals surface area contributed by atoms with Crippen LogP contribution < -0.4 is 0 Å². The molecular weight excluding hydrogens is 289 g/mol. The van der Waals surface area contributed by atoms with Crippen molar-refractivity contribution in [2.45, 2.75) is 18.5 Å². The summed E-state index contributed by atoms with van der Waals surface area (Å²) in [7, 11) is 3.28. The number of nitrogens with zero attached hydrogens (tertiary/aromatic N) is 3. The fourth-order valence-electron chi connectivity index (χ4n) is 1.91. The van der Waals surface area contributed by atoms with E-state index in [-0.39, 0.29) is 6.10 Å². The molecule has 0 aromatic carbocycles. The Balaban J connectivity index is 2.39. The maximum Gasteiger partial charge on any atom is 0.160 e. The zero-order valence-electron chi connectivity index (χ0n) is 10.8. The Hall–Kier alpha value is -0.880. The molecule has 0 saturated carbocycles. The SMILES string of the molecule is COCC(Cn1c(CCl)nc2cc(Cl)cnc21)OC. The van der Waals surface area contributed by atoms with Crippen LogP contribution in [-0.2, 0) is 21.9 Å². The fraction of sp³-hybridized carbons (Fsp3) is 0.500. The quantitative estimate of drug-likeness (QED) is 0.769. The van der Waals surface area contributed by atoms with Gasteiger partial charge in [0.15, 0.2) is 5.65 Å². The number of rotatable bonds is 6. The summed E-state index contributed by atoms with van der Waals surface area (Å²) >= 11 is 11.8. The third-order valence-corrected chi connectivity index (χ3v) is 3.27. The topological polar surface area (TPSA) is 49.2 Å². The molecule has 19 heavy (non-hydrogen) atoms. The van der Waals surface area contributed by atoms with E-state index in [2.05, 4.69) is 9.97 Å². The molecule has 0 aliphatic rings. The van der Waals surface area contributed by atoms with E-state index in [1.165, 1.54) is 0 Å². The Bertz CT molecular complexity index is 559. The van der Waals surface area contributed by atoms with E-state index in [1.54, 1.807) is 26.5 Å². The molecule has 1 atom stereocenters. The van der Waals surface area contributed by atoms with Crippen LogP contribution in [0.4, 0.5) is 0 Å². The Morgan fingerprint density at radius 1 is 1.42 bits per heavy atom. The number of halogens is 2. The molecule has 0 spiro atoms. The summed E-state index contributed by atoms with van der Waals surface area (Å²) < 4.78 is 12.4. The average Bonchev–Trinajstić information content (AvgIpc) is 2.75. The van der Waals surface area contributed by atoms with Gasteiger partial charge in [-0.25, -0.2) is 9.97 Å². The number of fused-ring (bicyclic) bond motifs is 1. The molecule has 0 N–H and O–H groups in total. The minimum absolute atomic E-state index is 0.0816. The van der Waals surface area contributed by atoms with Gasteiger partial charge in [-0.2, -0.15) is 0 Å². The molecule has 0 bridgehead atoms. The van der Waals surface area contributed by atoms with Gasteiger partial charge in [0, 0.05) is 20.4 Å². The molecule has 2 heterocycles. The summed E-state index contributed by atoms with van der Waals surface area (Å²) in [4.78, 5) is 8.74. The highest BCUT2D eigenvalue weighted by Gasteiger charge is 2.16. The van der Waals surface area contributed by atoms with E-state index in [4.69, 9.17) is 32.7 Å². The highest BCUT2D eigenvalue weighted by atomic mass is 35.5. The number of alkyl halides is 1. The van der Waals surface area contributed by atoms with Crippen molar-refractivity contribution >= 4 is 34.4 Å². The van der Waals surface area contributed by atoms with Crippen LogP contribution in [0.5, 0.6) is 0 Å². The van der Waals surface area contributed by atoms with E-state index >= 15 is 0 Å². The van der Waals surface area contributed by atoms with E-state index < -0.39 is 0 Å². The van der Waals surface area contributed by atoms with E-state index in [0.717, 1.165) is 17.0 Å². The van der Waals surface area contributed by atoms with Crippen LogP contribution in [0.3, 0.4) is 0 Å². The summed E-state index contributed by atoms with van der Waals surface area (Å²) in [5, 5.41) is 0.554. The van der Waals surface area contributed by atoms with Gasteiger partial charge < -0.3 is 14.0 Å². The number of hydrogen-bond donors (Lipinski definition) is 0. The second-order valence-electron chi connectivity index (χ2n) is 4.08. The van der Waals surface area contributed by atoms with Gasteiger partial charge in [0.2, 0.25) is 0 Å². The largest absolute Gasteiger partial charge is 0.382 e. The summed E-state index contributed by atoms with van der Waals surface area (Å²) in [6.07, 6.45) is 1.51. The smallest absolute Gasteiger partial charge is 0.160 e. The Morgan fingerprint density at radius 3 is 2.84 bits per heavy atom. The van der Waals surface area contributed by atoms with Gasteiger partial charge in [0.05, 0.1) is 30.2 Å². The average molecular weight is 304 g/mol. The predicted molar refractivity (Wildman–Crippen MR) is 74.8 cm³/mol. The van der Waals surface area contributed by atoms with Crippen LogP contribution in [-0.4, -0.2) is 41.5 Å². The summed E-state index contributed by atoms with van der Waals surface area (Å²) in [5.41, 5.74) is 1.48. The third-order valence-electron chi connectivity index (χ3n) is 2.82. The molecule has 0 fully saturated rings. The molecule has 2 rings (SSSR count). The molecule has 0 saturated heterocycles. The lowest BCUT2D eigenvalue weighted by Gasteiger charge is -2.16. The first-order chi connectivity index (χ1) is 9.19. The lowest BCUT2D eigenvalue weighted by atomic mass is 10.3. The number of imidazole rings is 1. The zero-order valence-corrected chi connectivity index (χ0v) is 12.3. The Kier molecular flexibility index (Phi) is 4.99. The van der Waals surface area contributed by atoms with Gasteiger partial charge in [-0.15, -0.1) is 11.6 Å². The van der Waals surface area contributed by atoms with E-state index in [1.807, 2.05) is 4.57 Å². The highest BCUT2D eigenvalue weighted by molar-refractivity contribution is 6.31. The minimum atomic E-state index is -0.0816. The van der Waals surface area contributed by atoms with Crippen molar-refractivity contribution in [1.82, 2.24) is 14.5 Å². The van der Waals surface area contributed by atoms with Crippen LogP contribution in [0.1, 0.15) is 5.82 Å². The molecule has 2 aromatic rings. The lowest BCUT2D eigenvalue weighted by Crippen LogP contribution is -2.24. The summed E-state index contributed by atoms with van der Waals surface area (Å²) in [5.74, 6) is 1.04. The number of pyridine rings is 1. The first-order valence-electron chi connectivity index (χ1n) is 5.78. The fourth-order valence-corrected chi connectivity index (χ4v) is 2.27. The van der Waals surface area contributed by atoms with E-state index in [0.29, 0.717) is 24.1 Å². The van der Waals surface area contributed by atoms with Crippen LogP contribution in [0, 0.1) is 0 Å². The first kappa shape index (κ1) is 14.5. The predicted octanol–water partition coefficient (Wildman–Crippen LogP) is 2.48. The number of aromatic nitrogens is 3. The van der Waals surface area contributed by atoms with E-state index in [9.17, 15) is 0 Å². The van der Waals surface area contributed by atoms with Crippen LogP contribution in [0.25, 0.3) is 11.2 Å². The second kappa shape index (κ2) is 6.52. The highest BCUT2D eigenvalue weighted by Crippen LogP contribution is 2.19. The molecule has 2 aromatic heterocycles. The van der Waals surface area contributed by atoms with Gasteiger partial charge in [0.1, 0.15) is 11.3 Å². The molecular formula is C12H15Cl2N3O2. The van der Waals surface area contributed by atoms with Crippen molar-refractivity contribution in [1.29, 1.82) is 0 Å². The summed E-state index contributed by atoms with van der Waals surface area (Å²) in [6.45, 7) is 1.07. The van der Waals surface area contributed by atoms with Crippen LogP contribution >= 0.6 is 23.2 Å². The van der Waals surface area contributed by atoms with Crippen molar-refractivity contribution in [3.8, 4) is 0 Å². The number of hydrogen-bond acceptors (Lipinski definition) is 4. The molecule has 0 aliphatic heterocycles. The van der Waals surface area contributed by atoms with Gasteiger partial charge in [0.25, 0.3) is 0 Å². The van der Waals surface area contributed by atoms with Crippen molar-refractivity contribution in [2.24, 2.45) is 0 Å². The molecule has 104 valence electrons. The Labute approximate surface area is 121 Å². The van der Waals surface area contributed by atoms with Crippen LogP contribution in [0.2, 0.25) is 5.02 Å². The summed E-state index contributed by atoms with van der Waals surface area (Å²) in [6, 6.07) is 1.77. The lowest BCUT2D eigenvalue weighted by molar-refractivity contribution is 0.0185. The number of ether oxygens (including phenoxy) is 2. The maximum absolute atomic E-state index is 5.93. The maximum atomic E-state index is 5.93.